The summed E-state index contributed by atoms with van der Waals surface area (Å²) in [4.78, 5) is 50.9. The van der Waals surface area contributed by atoms with Crippen LogP contribution in [0.3, 0.4) is 0 Å². The quantitative estimate of drug-likeness (QED) is 0.458. The highest BCUT2D eigenvalue weighted by molar-refractivity contribution is 6.04. The molecular formula is C17H14N4O7. The fourth-order valence-electron chi connectivity index (χ4n) is 2.48. The van der Waals surface area contributed by atoms with Crippen molar-refractivity contribution < 1.29 is 28.8 Å². The van der Waals surface area contributed by atoms with Crippen molar-refractivity contribution in [3.05, 3.63) is 52.1 Å². The van der Waals surface area contributed by atoms with Crippen LogP contribution in [0.2, 0.25) is 0 Å². The monoisotopic (exact) mass is 386 g/mol. The van der Waals surface area contributed by atoms with Gasteiger partial charge in [-0.1, -0.05) is 0 Å². The Hall–Kier alpha value is -4.02. The third kappa shape index (κ3) is 3.87. The van der Waals surface area contributed by atoms with E-state index >= 15 is 0 Å². The number of hydrogen-bond acceptors (Lipinski definition) is 8. The summed E-state index contributed by atoms with van der Waals surface area (Å²) in [5.41, 5.74) is 0.708. The molecule has 11 heteroatoms. The lowest BCUT2D eigenvalue weighted by Gasteiger charge is -2.24. The number of ether oxygens (including phenoxy) is 2. The van der Waals surface area contributed by atoms with E-state index in [1.54, 1.807) is 0 Å². The number of nitrogens with one attached hydrogen (secondary N) is 1. The van der Waals surface area contributed by atoms with E-state index in [0.717, 1.165) is 11.0 Å². The molecule has 0 aliphatic carbocycles. The van der Waals surface area contributed by atoms with Gasteiger partial charge in [-0.3, -0.25) is 14.5 Å². The number of aromatic nitrogens is 1. The highest BCUT2D eigenvalue weighted by atomic mass is 16.6. The summed E-state index contributed by atoms with van der Waals surface area (Å²) in [6, 6.07) is 8.42. The van der Waals surface area contributed by atoms with Crippen molar-refractivity contribution in [1.82, 2.24) is 4.98 Å². The Balaban J connectivity index is 1.75. The number of esters is 1. The van der Waals surface area contributed by atoms with Gasteiger partial charge in [-0.05, 0) is 40.2 Å². The van der Waals surface area contributed by atoms with Gasteiger partial charge in [-0.25, -0.2) is 4.79 Å². The average Bonchev–Trinajstić information content (AvgIpc) is 2.69. The Bertz CT molecular complexity index is 958. The van der Waals surface area contributed by atoms with E-state index in [4.69, 9.17) is 4.74 Å². The van der Waals surface area contributed by atoms with Crippen LogP contribution < -0.4 is 15.0 Å². The van der Waals surface area contributed by atoms with Crippen molar-refractivity contribution in [3.63, 3.8) is 0 Å². The molecule has 11 nitrogen and oxygen atoms in total. The number of methoxy groups -OCH3 is 1. The first-order valence-corrected chi connectivity index (χ1v) is 7.96. The second-order valence-electron chi connectivity index (χ2n) is 5.63. The first kappa shape index (κ1) is 18.8. The number of pyridine rings is 1. The lowest BCUT2D eigenvalue weighted by Crippen LogP contribution is -2.44. The van der Waals surface area contributed by atoms with Crippen LogP contribution in [0.5, 0.6) is 5.75 Å². The van der Waals surface area contributed by atoms with Crippen LogP contribution >= 0.6 is 0 Å². The molecule has 1 aromatic carbocycles. The van der Waals surface area contributed by atoms with Gasteiger partial charge in [0, 0.05) is 11.8 Å². The van der Waals surface area contributed by atoms with Crippen molar-refractivity contribution in [2.24, 2.45) is 0 Å². The summed E-state index contributed by atoms with van der Waals surface area (Å²) in [6.45, 7) is -0.726. The van der Waals surface area contributed by atoms with Crippen LogP contribution in [0.25, 0.3) is 0 Å². The third-order valence-corrected chi connectivity index (χ3v) is 3.81. The molecule has 3 rings (SSSR count). The highest BCUT2D eigenvalue weighted by Gasteiger charge is 2.33. The van der Waals surface area contributed by atoms with Crippen LogP contribution in [0, 0.1) is 10.1 Å². The first-order chi connectivity index (χ1) is 13.4. The van der Waals surface area contributed by atoms with E-state index in [0.29, 0.717) is 11.3 Å². The minimum absolute atomic E-state index is 0.0957. The number of fused-ring (bicyclic) bond motifs is 1. The number of hydrogen-bond donors (Lipinski definition) is 1. The molecule has 0 spiro atoms. The maximum Gasteiger partial charge on any atom is 0.366 e. The second kappa shape index (κ2) is 7.70. The molecular weight excluding hydrogens is 372 g/mol. The molecule has 1 aliphatic heterocycles. The van der Waals surface area contributed by atoms with Crippen LogP contribution in [0.4, 0.5) is 17.3 Å². The normalized spacial score (nSPS) is 12.6. The molecule has 1 aliphatic rings. The highest BCUT2D eigenvalue weighted by Crippen LogP contribution is 2.31. The van der Waals surface area contributed by atoms with Crippen molar-refractivity contribution >= 4 is 35.1 Å². The molecule has 0 bridgehead atoms. The Morgan fingerprint density at radius 3 is 2.64 bits per heavy atom. The summed E-state index contributed by atoms with van der Waals surface area (Å²) >= 11 is 0. The predicted molar refractivity (Wildman–Crippen MR) is 95.2 cm³/mol. The minimum Gasteiger partial charge on any atom is -0.477 e. The lowest BCUT2D eigenvalue weighted by molar-refractivity contribution is -0.389. The van der Waals surface area contributed by atoms with Crippen molar-refractivity contribution in [1.29, 1.82) is 0 Å². The molecule has 144 valence electrons. The SMILES string of the molecule is COC(=O)c1ccc(NC(=O)CN2C(=O)COc3ccc([N+](=O)[O-])nc32)cc1. The van der Waals surface area contributed by atoms with Crippen LogP contribution in [0.15, 0.2) is 36.4 Å². The second-order valence-corrected chi connectivity index (χ2v) is 5.63. The molecule has 0 radical (unpaired) electrons. The van der Waals surface area contributed by atoms with E-state index in [9.17, 15) is 24.5 Å². The van der Waals surface area contributed by atoms with E-state index < -0.39 is 35.1 Å². The Morgan fingerprint density at radius 1 is 1.29 bits per heavy atom. The molecule has 1 aromatic heterocycles. The number of rotatable bonds is 5. The minimum atomic E-state index is -0.708. The Labute approximate surface area is 158 Å². The Morgan fingerprint density at radius 2 is 2.00 bits per heavy atom. The molecule has 0 unspecified atom stereocenters. The van der Waals surface area contributed by atoms with Gasteiger partial charge in [0.25, 0.3) is 11.7 Å². The van der Waals surface area contributed by atoms with Gasteiger partial charge in [0.1, 0.15) is 6.54 Å². The van der Waals surface area contributed by atoms with E-state index in [1.165, 1.54) is 37.4 Å². The lowest BCUT2D eigenvalue weighted by atomic mass is 10.2. The van der Waals surface area contributed by atoms with Gasteiger partial charge in [0.15, 0.2) is 12.4 Å². The number of nitrogens with zero attached hydrogens (tertiary/aromatic N) is 3. The average molecular weight is 386 g/mol. The van der Waals surface area contributed by atoms with Gasteiger partial charge in [-0.2, -0.15) is 0 Å². The van der Waals surface area contributed by atoms with Gasteiger partial charge in [0.2, 0.25) is 5.91 Å². The fourth-order valence-corrected chi connectivity index (χ4v) is 2.48. The topological polar surface area (TPSA) is 141 Å². The number of amides is 2. The number of nitro groups is 1. The van der Waals surface area contributed by atoms with Crippen LogP contribution in [-0.4, -0.2) is 48.0 Å². The summed E-state index contributed by atoms with van der Waals surface area (Å²) in [7, 11) is 1.26. The van der Waals surface area contributed by atoms with E-state index in [-0.39, 0.29) is 18.2 Å². The zero-order chi connectivity index (χ0) is 20.3. The van der Waals surface area contributed by atoms with Crippen LogP contribution in [0.1, 0.15) is 10.4 Å². The van der Waals surface area contributed by atoms with Crippen LogP contribution in [-0.2, 0) is 14.3 Å². The molecule has 0 atom stereocenters. The smallest absolute Gasteiger partial charge is 0.366 e. The molecule has 2 heterocycles. The molecule has 0 fully saturated rings. The summed E-state index contributed by atoms with van der Waals surface area (Å²) in [5.74, 6) is -2.03. The standard InChI is InChI=1S/C17H14N4O7/c1-27-17(24)10-2-4-11(5-3-10)18-14(22)8-20-15(23)9-28-12-6-7-13(21(25)26)19-16(12)20/h2-7H,8-9H2,1H3,(H,18,22). The number of carbonyl (C=O) groups is 3. The van der Waals surface area contributed by atoms with Crippen molar-refractivity contribution in [2.45, 2.75) is 0 Å². The van der Waals surface area contributed by atoms with Gasteiger partial charge in [0.05, 0.1) is 12.7 Å². The maximum atomic E-state index is 12.3. The Kier molecular flexibility index (Phi) is 5.16. The molecule has 28 heavy (non-hydrogen) atoms. The van der Waals surface area contributed by atoms with Gasteiger partial charge >= 0.3 is 11.8 Å². The molecule has 0 saturated carbocycles. The maximum absolute atomic E-state index is 12.3. The molecule has 1 N–H and O–H groups in total. The zero-order valence-corrected chi connectivity index (χ0v) is 14.6. The molecule has 0 saturated heterocycles. The fraction of sp³-hybridized carbons (Fsp3) is 0.176. The van der Waals surface area contributed by atoms with Crippen molar-refractivity contribution in [2.75, 3.05) is 30.5 Å². The number of anilines is 2. The van der Waals surface area contributed by atoms with E-state index in [2.05, 4.69) is 15.0 Å². The summed E-state index contributed by atoms with van der Waals surface area (Å²) < 4.78 is 9.79. The third-order valence-electron chi connectivity index (χ3n) is 3.81. The molecule has 2 amide bonds. The van der Waals surface area contributed by atoms with Gasteiger partial charge in [-0.15, -0.1) is 0 Å². The van der Waals surface area contributed by atoms with Crippen molar-refractivity contribution in [3.8, 4) is 5.75 Å². The van der Waals surface area contributed by atoms with E-state index in [1.807, 2.05) is 0 Å². The predicted octanol–water partition coefficient (Wildman–Crippen LogP) is 1.14. The van der Waals surface area contributed by atoms with Gasteiger partial charge < -0.3 is 24.9 Å². The zero-order valence-electron chi connectivity index (χ0n) is 14.6. The number of benzene rings is 1. The number of carbonyl (C=O) groups excluding carboxylic acids is 3. The largest absolute Gasteiger partial charge is 0.477 e. The summed E-state index contributed by atoms with van der Waals surface area (Å²) in [5, 5.41) is 13.5. The molecule has 2 aromatic rings. The summed E-state index contributed by atoms with van der Waals surface area (Å²) in [6.07, 6.45) is 0. The first-order valence-electron chi connectivity index (χ1n) is 7.96.